The second-order valence-electron chi connectivity index (χ2n) is 7.25. The lowest BCUT2D eigenvalue weighted by Gasteiger charge is -2.35. The second-order valence-corrected chi connectivity index (χ2v) is 8.18. The molecule has 2 aromatic rings. The zero-order valence-corrected chi connectivity index (χ0v) is 16.0. The van der Waals surface area contributed by atoms with Gasteiger partial charge in [-0.3, -0.25) is 9.59 Å². The van der Waals surface area contributed by atoms with Crippen LogP contribution in [0.1, 0.15) is 44.7 Å². The standard InChI is InChI=1S/C18H25N5O2S/c1-2-14-11-16(25)23-17(19-14)26-18(20-23)21-9-6-13(7-10-21)12-22-8-4-3-5-15(22)24/h11,13H,2-10,12H2,1H3. The molecule has 8 heteroatoms. The van der Waals surface area contributed by atoms with Crippen LogP contribution in [0.2, 0.25) is 0 Å². The summed E-state index contributed by atoms with van der Waals surface area (Å²) in [5.74, 6) is 0.886. The van der Waals surface area contributed by atoms with Gasteiger partial charge in [-0.05, 0) is 38.0 Å². The van der Waals surface area contributed by atoms with Gasteiger partial charge in [-0.1, -0.05) is 18.3 Å². The SMILES string of the molecule is CCc1cc(=O)n2nc(N3CCC(CN4CCCCC4=O)CC3)sc2n1. The molecule has 0 aromatic carbocycles. The summed E-state index contributed by atoms with van der Waals surface area (Å²) < 4.78 is 1.41. The summed E-state index contributed by atoms with van der Waals surface area (Å²) >= 11 is 1.49. The summed E-state index contributed by atoms with van der Waals surface area (Å²) in [6.07, 6.45) is 5.76. The fraction of sp³-hybridized carbons (Fsp3) is 0.667. The first-order chi connectivity index (χ1) is 12.6. The van der Waals surface area contributed by atoms with Crippen molar-refractivity contribution in [2.75, 3.05) is 31.1 Å². The molecule has 0 atom stereocenters. The fourth-order valence-corrected chi connectivity index (χ4v) is 4.81. The molecule has 2 fully saturated rings. The third kappa shape index (κ3) is 3.47. The number of carbonyl (C=O) groups excluding carboxylic acids is 1. The van der Waals surface area contributed by atoms with Gasteiger partial charge in [-0.2, -0.15) is 4.52 Å². The minimum absolute atomic E-state index is 0.104. The van der Waals surface area contributed by atoms with Crippen molar-refractivity contribution in [2.45, 2.75) is 45.4 Å². The summed E-state index contributed by atoms with van der Waals surface area (Å²) in [5.41, 5.74) is 0.711. The predicted octanol–water partition coefficient (Wildman–Crippen LogP) is 1.94. The maximum atomic E-state index is 12.2. The zero-order valence-electron chi connectivity index (χ0n) is 15.2. The summed E-state index contributed by atoms with van der Waals surface area (Å²) in [6, 6.07) is 1.57. The highest BCUT2D eigenvalue weighted by molar-refractivity contribution is 7.20. The Balaban J connectivity index is 1.41. The number of nitrogens with zero attached hydrogens (tertiary/aromatic N) is 5. The highest BCUT2D eigenvalue weighted by Gasteiger charge is 2.26. The van der Waals surface area contributed by atoms with Crippen molar-refractivity contribution in [2.24, 2.45) is 5.92 Å². The second kappa shape index (κ2) is 7.34. The van der Waals surface area contributed by atoms with Crippen LogP contribution in [0.4, 0.5) is 5.13 Å². The Morgan fingerprint density at radius 3 is 2.73 bits per heavy atom. The topological polar surface area (TPSA) is 70.8 Å². The number of piperidine rings is 2. The smallest absolute Gasteiger partial charge is 0.275 e. The molecular formula is C18H25N5O2S. The minimum Gasteiger partial charge on any atom is -0.347 e. The van der Waals surface area contributed by atoms with Crippen molar-refractivity contribution >= 4 is 27.3 Å². The number of carbonyl (C=O) groups is 1. The number of hydrogen-bond donors (Lipinski definition) is 0. The summed E-state index contributed by atoms with van der Waals surface area (Å²) in [4.78, 5) is 33.7. The van der Waals surface area contributed by atoms with Gasteiger partial charge in [0.25, 0.3) is 5.56 Å². The van der Waals surface area contributed by atoms with Crippen LogP contribution >= 0.6 is 11.3 Å². The molecule has 2 aromatic heterocycles. The lowest BCUT2D eigenvalue weighted by atomic mass is 9.95. The van der Waals surface area contributed by atoms with Crippen LogP contribution in [0, 0.1) is 5.92 Å². The molecule has 140 valence electrons. The number of rotatable bonds is 4. The summed E-state index contributed by atoms with van der Waals surface area (Å²) in [6.45, 7) is 5.65. The molecule has 0 unspecified atom stereocenters. The monoisotopic (exact) mass is 375 g/mol. The summed E-state index contributed by atoms with van der Waals surface area (Å²) in [5, 5.41) is 5.36. The zero-order chi connectivity index (χ0) is 18.1. The molecule has 2 aliphatic heterocycles. The number of aromatic nitrogens is 3. The molecule has 0 saturated carbocycles. The molecule has 0 aliphatic carbocycles. The molecule has 0 radical (unpaired) electrons. The summed E-state index contributed by atoms with van der Waals surface area (Å²) in [7, 11) is 0. The number of likely N-dealkylation sites (tertiary alicyclic amines) is 1. The largest absolute Gasteiger partial charge is 0.347 e. The maximum Gasteiger partial charge on any atom is 0.275 e. The lowest BCUT2D eigenvalue weighted by molar-refractivity contribution is -0.134. The van der Waals surface area contributed by atoms with Gasteiger partial charge in [-0.25, -0.2) is 4.98 Å². The van der Waals surface area contributed by atoms with Crippen LogP contribution < -0.4 is 10.5 Å². The van der Waals surface area contributed by atoms with E-state index in [1.165, 1.54) is 15.9 Å². The van der Waals surface area contributed by atoms with Gasteiger partial charge in [0, 0.05) is 44.4 Å². The van der Waals surface area contributed by atoms with Gasteiger partial charge < -0.3 is 9.80 Å². The molecular weight excluding hydrogens is 350 g/mol. The first-order valence-electron chi connectivity index (χ1n) is 9.56. The molecule has 7 nitrogen and oxygen atoms in total. The number of amides is 1. The van der Waals surface area contributed by atoms with Crippen molar-refractivity contribution in [3.8, 4) is 0 Å². The van der Waals surface area contributed by atoms with E-state index in [9.17, 15) is 9.59 Å². The van der Waals surface area contributed by atoms with E-state index in [2.05, 4.69) is 19.9 Å². The van der Waals surface area contributed by atoms with Crippen molar-refractivity contribution in [1.82, 2.24) is 19.5 Å². The molecule has 4 rings (SSSR count). The number of hydrogen-bond acceptors (Lipinski definition) is 6. The van der Waals surface area contributed by atoms with Crippen LogP contribution in [0.15, 0.2) is 10.9 Å². The molecule has 0 spiro atoms. The molecule has 26 heavy (non-hydrogen) atoms. The van der Waals surface area contributed by atoms with Crippen LogP contribution in [0.25, 0.3) is 4.96 Å². The Kier molecular flexibility index (Phi) is 4.93. The Morgan fingerprint density at radius 2 is 2.00 bits per heavy atom. The molecule has 2 saturated heterocycles. The highest BCUT2D eigenvalue weighted by Crippen LogP contribution is 2.27. The van der Waals surface area contributed by atoms with E-state index in [0.717, 1.165) is 69.1 Å². The quantitative estimate of drug-likeness (QED) is 0.817. The van der Waals surface area contributed by atoms with Crippen LogP contribution in [0.3, 0.4) is 0 Å². The average Bonchev–Trinajstić information content (AvgIpc) is 3.09. The predicted molar refractivity (Wildman–Crippen MR) is 102 cm³/mol. The Bertz CT molecular complexity index is 853. The maximum absolute atomic E-state index is 12.2. The number of anilines is 1. The van der Waals surface area contributed by atoms with E-state index < -0.39 is 0 Å². The Morgan fingerprint density at radius 1 is 1.19 bits per heavy atom. The van der Waals surface area contributed by atoms with E-state index in [1.54, 1.807) is 6.07 Å². The van der Waals surface area contributed by atoms with Crippen LogP contribution in [-0.4, -0.2) is 51.6 Å². The Hall–Kier alpha value is -1.96. The highest BCUT2D eigenvalue weighted by atomic mass is 32.1. The van der Waals surface area contributed by atoms with Gasteiger partial charge in [0.1, 0.15) is 0 Å². The van der Waals surface area contributed by atoms with Gasteiger partial charge >= 0.3 is 0 Å². The van der Waals surface area contributed by atoms with Gasteiger partial charge in [-0.15, -0.1) is 5.10 Å². The third-order valence-corrected chi connectivity index (χ3v) is 6.40. The van der Waals surface area contributed by atoms with Crippen molar-refractivity contribution < 1.29 is 4.79 Å². The first kappa shape index (κ1) is 17.5. The average molecular weight is 375 g/mol. The van der Waals surface area contributed by atoms with E-state index in [1.807, 2.05) is 6.92 Å². The molecule has 2 aliphatic rings. The van der Waals surface area contributed by atoms with Crippen molar-refractivity contribution in [3.63, 3.8) is 0 Å². The molecule has 0 N–H and O–H groups in total. The van der Waals surface area contributed by atoms with Gasteiger partial charge in [0.15, 0.2) is 0 Å². The van der Waals surface area contributed by atoms with Gasteiger partial charge in [0.05, 0.1) is 0 Å². The van der Waals surface area contributed by atoms with Crippen LogP contribution in [-0.2, 0) is 11.2 Å². The normalized spacial score (nSPS) is 19.5. The number of aryl methyl sites for hydroxylation is 1. The van der Waals surface area contributed by atoms with E-state index in [0.29, 0.717) is 23.2 Å². The Labute approximate surface area is 156 Å². The van der Waals surface area contributed by atoms with Crippen molar-refractivity contribution in [3.05, 3.63) is 22.1 Å². The molecule has 4 heterocycles. The first-order valence-corrected chi connectivity index (χ1v) is 10.4. The van der Waals surface area contributed by atoms with E-state index >= 15 is 0 Å². The van der Waals surface area contributed by atoms with Crippen molar-refractivity contribution in [1.29, 1.82) is 0 Å². The van der Waals surface area contributed by atoms with Gasteiger partial charge in [0.2, 0.25) is 16.0 Å². The minimum atomic E-state index is -0.104. The van der Waals surface area contributed by atoms with Crippen LogP contribution in [0.5, 0.6) is 0 Å². The van der Waals surface area contributed by atoms with E-state index in [-0.39, 0.29) is 5.56 Å². The third-order valence-electron chi connectivity index (χ3n) is 5.43. The number of fused-ring (bicyclic) bond motifs is 1. The van der Waals surface area contributed by atoms with E-state index in [4.69, 9.17) is 0 Å². The molecule has 1 amide bonds. The molecule has 0 bridgehead atoms. The lowest BCUT2D eigenvalue weighted by Crippen LogP contribution is -2.42. The fourth-order valence-electron chi connectivity index (χ4n) is 3.83.